The number of hydrogen-bond donors (Lipinski definition) is 1. The first-order valence-corrected chi connectivity index (χ1v) is 12.4. The molecule has 1 saturated heterocycles. The largest absolute Gasteiger partial charge is 0.338 e. The van der Waals surface area contributed by atoms with Gasteiger partial charge in [0.2, 0.25) is 0 Å². The van der Waals surface area contributed by atoms with E-state index < -0.39 is 0 Å². The van der Waals surface area contributed by atoms with Crippen LogP contribution in [-0.2, 0) is 5.75 Å². The van der Waals surface area contributed by atoms with E-state index in [1.165, 1.54) is 5.56 Å². The summed E-state index contributed by atoms with van der Waals surface area (Å²) in [4.78, 5) is 31.5. The van der Waals surface area contributed by atoms with Crippen LogP contribution in [0.25, 0.3) is 11.0 Å². The van der Waals surface area contributed by atoms with Gasteiger partial charge in [-0.05, 0) is 66.9 Å². The average molecular weight is 478 g/mol. The molecule has 1 aliphatic rings. The highest BCUT2D eigenvalue weighted by Gasteiger charge is 2.26. The number of aromatic amines is 1. The number of carbonyl (C=O) groups excluding carboxylic acids is 1. The lowest BCUT2D eigenvalue weighted by molar-refractivity contribution is 0.0695. The maximum absolute atomic E-state index is 13.0. The summed E-state index contributed by atoms with van der Waals surface area (Å²) in [6.45, 7) is 1.28. The Kier molecular flexibility index (Phi) is 6.29. The molecule has 1 fully saturated rings. The second-order valence-corrected chi connectivity index (χ2v) is 9.77. The van der Waals surface area contributed by atoms with Gasteiger partial charge in [0, 0.05) is 40.4 Å². The summed E-state index contributed by atoms with van der Waals surface area (Å²) in [7, 11) is 0. The van der Waals surface area contributed by atoms with E-state index in [-0.39, 0.29) is 17.6 Å². The molecule has 0 unspecified atom stereocenters. The van der Waals surface area contributed by atoms with Crippen LogP contribution >= 0.6 is 23.4 Å². The minimum absolute atomic E-state index is 0.0524. The van der Waals surface area contributed by atoms with E-state index in [4.69, 9.17) is 11.6 Å². The van der Waals surface area contributed by atoms with Gasteiger partial charge in [0.15, 0.2) is 0 Å². The summed E-state index contributed by atoms with van der Waals surface area (Å²) in [5.74, 6) is 0.887. The quantitative estimate of drug-likeness (QED) is 0.372. The molecular weight excluding hydrogens is 454 g/mol. The normalized spacial score (nSPS) is 14.6. The lowest BCUT2D eigenvalue weighted by atomic mass is 10.0. The molecule has 0 aliphatic carbocycles. The Hall–Kier alpha value is -2.96. The average Bonchev–Trinajstić information content (AvgIpc) is 3.19. The molecule has 2 heterocycles. The third-order valence-electron chi connectivity index (χ3n) is 6.16. The van der Waals surface area contributed by atoms with Crippen LogP contribution in [0.5, 0.6) is 0 Å². The molecular formula is C26H24ClN3O2S. The van der Waals surface area contributed by atoms with Gasteiger partial charge in [-0.1, -0.05) is 35.9 Å². The maximum atomic E-state index is 13.0. The molecule has 4 aromatic rings. The highest BCUT2D eigenvalue weighted by Crippen LogP contribution is 2.27. The van der Waals surface area contributed by atoms with Crippen LogP contribution in [0.3, 0.4) is 0 Å². The number of halogens is 1. The number of amides is 1. The highest BCUT2D eigenvalue weighted by molar-refractivity contribution is 7.98. The van der Waals surface area contributed by atoms with Crippen molar-refractivity contribution in [3.63, 3.8) is 0 Å². The van der Waals surface area contributed by atoms with Crippen LogP contribution in [0, 0.1) is 0 Å². The summed E-state index contributed by atoms with van der Waals surface area (Å²) >= 11 is 7.68. The van der Waals surface area contributed by atoms with Crippen molar-refractivity contribution in [2.75, 3.05) is 13.1 Å². The van der Waals surface area contributed by atoms with Crippen LogP contribution < -0.4 is 5.69 Å². The van der Waals surface area contributed by atoms with Crippen molar-refractivity contribution in [3.05, 3.63) is 99.4 Å². The Labute approximate surface area is 201 Å². The van der Waals surface area contributed by atoms with Crippen LogP contribution in [0.15, 0.2) is 82.5 Å². The molecule has 1 amide bonds. The zero-order valence-corrected chi connectivity index (χ0v) is 19.6. The molecule has 33 heavy (non-hydrogen) atoms. The van der Waals surface area contributed by atoms with Gasteiger partial charge in [0.05, 0.1) is 11.0 Å². The number of nitrogens with one attached hydrogen (secondary N) is 1. The minimum atomic E-state index is -0.0759. The number of benzene rings is 3. The summed E-state index contributed by atoms with van der Waals surface area (Å²) in [5.41, 5.74) is 3.59. The monoisotopic (exact) mass is 477 g/mol. The highest BCUT2D eigenvalue weighted by atomic mass is 35.5. The van der Waals surface area contributed by atoms with Crippen molar-refractivity contribution < 1.29 is 4.79 Å². The first kappa shape index (κ1) is 21.9. The number of H-pyrrole nitrogens is 1. The number of aromatic nitrogens is 2. The summed E-state index contributed by atoms with van der Waals surface area (Å²) in [5, 5.41) is 0.736. The lowest BCUT2D eigenvalue weighted by Crippen LogP contribution is -2.40. The number of nitrogens with zero attached hydrogens (tertiary/aromatic N) is 2. The van der Waals surface area contributed by atoms with Crippen LogP contribution in [-0.4, -0.2) is 33.4 Å². The number of piperidine rings is 1. The molecule has 168 valence electrons. The van der Waals surface area contributed by atoms with Crippen molar-refractivity contribution in [2.45, 2.75) is 29.5 Å². The predicted molar refractivity (Wildman–Crippen MR) is 134 cm³/mol. The fourth-order valence-corrected chi connectivity index (χ4v) is 5.37. The van der Waals surface area contributed by atoms with Crippen LogP contribution in [0.1, 0.15) is 34.8 Å². The van der Waals surface area contributed by atoms with Gasteiger partial charge >= 0.3 is 5.69 Å². The molecule has 0 saturated carbocycles. The fraction of sp³-hybridized carbons (Fsp3) is 0.231. The topological polar surface area (TPSA) is 58.1 Å². The Morgan fingerprint density at radius 3 is 2.39 bits per heavy atom. The van der Waals surface area contributed by atoms with E-state index in [1.807, 2.05) is 82.3 Å². The van der Waals surface area contributed by atoms with Gasteiger partial charge in [0.1, 0.15) is 0 Å². The number of rotatable bonds is 5. The smallest absolute Gasteiger partial charge is 0.326 e. The molecule has 1 N–H and O–H groups in total. The van der Waals surface area contributed by atoms with E-state index in [1.54, 1.807) is 11.8 Å². The standard InChI is InChI=1S/C26H24ClN3O2S/c27-20-9-11-22(12-10-20)33-17-18-5-7-19(8-6-18)25(31)29-15-13-21(14-16-29)30-24-4-2-1-3-23(24)28-26(30)32/h1-12,21H,13-17H2,(H,28,32). The van der Waals surface area contributed by atoms with Crippen molar-refractivity contribution in [3.8, 4) is 0 Å². The SMILES string of the molecule is O=C(c1ccc(CSc2ccc(Cl)cc2)cc1)N1CCC(n2c(=O)[nH]c3ccccc32)CC1. The summed E-state index contributed by atoms with van der Waals surface area (Å²) < 4.78 is 1.85. The second kappa shape index (κ2) is 9.49. The first-order valence-electron chi connectivity index (χ1n) is 11.0. The zero-order valence-electron chi connectivity index (χ0n) is 18.0. The second-order valence-electron chi connectivity index (χ2n) is 8.28. The van der Waals surface area contributed by atoms with Gasteiger partial charge in [0.25, 0.3) is 5.91 Å². The van der Waals surface area contributed by atoms with Gasteiger partial charge in [-0.2, -0.15) is 0 Å². The molecule has 3 aromatic carbocycles. The molecule has 5 nitrogen and oxygen atoms in total. The Morgan fingerprint density at radius 2 is 1.67 bits per heavy atom. The summed E-state index contributed by atoms with van der Waals surface area (Å²) in [6, 6.07) is 23.5. The molecule has 0 atom stereocenters. The van der Waals surface area contributed by atoms with Crippen LogP contribution in [0.4, 0.5) is 0 Å². The van der Waals surface area contributed by atoms with E-state index in [2.05, 4.69) is 4.98 Å². The zero-order chi connectivity index (χ0) is 22.8. The van der Waals surface area contributed by atoms with E-state index >= 15 is 0 Å². The lowest BCUT2D eigenvalue weighted by Gasteiger charge is -2.32. The number of thioether (sulfide) groups is 1. The number of fused-ring (bicyclic) bond motifs is 1. The van der Waals surface area contributed by atoms with Gasteiger partial charge in [-0.3, -0.25) is 9.36 Å². The fourth-order valence-electron chi connectivity index (χ4n) is 4.39. The van der Waals surface area contributed by atoms with E-state index in [9.17, 15) is 9.59 Å². The number of hydrogen-bond acceptors (Lipinski definition) is 3. The number of likely N-dealkylation sites (tertiary alicyclic amines) is 1. The van der Waals surface area contributed by atoms with Crippen molar-refractivity contribution in [1.82, 2.24) is 14.5 Å². The molecule has 0 radical (unpaired) electrons. The number of imidazole rings is 1. The van der Waals surface area contributed by atoms with Crippen LogP contribution in [0.2, 0.25) is 5.02 Å². The van der Waals surface area contributed by atoms with Gasteiger partial charge < -0.3 is 9.88 Å². The molecule has 1 aromatic heterocycles. The molecule has 1 aliphatic heterocycles. The maximum Gasteiger partial charge on any atom is 0.326 e. The summed E-state index contributed by atoms with van der Waals surface area (Å²) in [6.07, 6.45) is 1.53. The van der Waals surface area contributed by atoms with Crippen molar-refractivity contribution >= 4 is 40.3 Å². The molecule has 5 rings (SSSR count). The Morgan fingerprint density at radius 1 is 0.970 bits per heavy atom. The molecule has 0 spiro atoms. The van der Waals surface area contributed by atoms with Crippen molar-refractivity contribution in [1.29, 1.82) is 0 Å². The van der Waals surface area contributed by atoms with Crippen molar-refractivity contribution in [2.24, 2.45) is 0 Å². The first-order chi connectivity index (χ1) is 16.1. The molecule has 7 heteroatoms. The Bertz CT molecular complexity index is 1320. The minimum Gasteiger partial charge on any atom is -0.338 e. The third-order valence-corrected chi connectivity index (χ3v) is 7.50. The van der Waals surface area contributed by atoms with Gasteiger partial charge in [-0.25, -0.2) is 4.79 Å². The molecule has 0 bridgehead atoms. The van der Waals surface area contributed by atoms with E-state index in [0.29, 0.717) is 18.7 Å². The third kappa shape index (κ3) is 4.72. The Balaban J connectivity index is 1.19. The van der Waals surface area contributed by atoms with Gasteiger partial charge in [-0.15, -0.1) is 11.8 Å². The predicted octanol–water partition coefficient (Wildman–Crippen LogP) is 5.75. The number of carbonyl (C=O) groups is 1. The number of para-hydroxylation sites is 2. The van der Waals surface area contributed by atoms with E-state index in [0.717, 1.165) is 39.5 Å².